The third kappa shape index (κ3) is 2.84. The molecule has 98 valence electrons. The van der Waals surface area contributed by atoms with Crippen molar-refractivity contribution in [3.63, 3.8) is 0 Å². The number of hydrogen-bond donors (Lipinski definition) is 1. The molecule has 2 rings (SSSR count). The molecule has 1 saturated heterocycles. The van der Waals surface area contributed by atoms with Crippen molar-refractivity contribution in [2.24, 2.45) is 0 Å². The summed E-state index contributed by atoms with van der Waals surface area (Å²) in [5.74, 6) is -0.127. The van der Waals surface area contributed by atoms with Crippen molar-refractivity contribution in [2.45, 2.75) is 19.4 Å². The average Bonchev–Trinajstić information content (AvgIpc) is 2.41. The molecule has 1 unspecified atom stereocenters. The quantitative estimate of drug-likeness (QED) is 0.912. The number of carbonyl (C=O) groups is 1. The first kappa shape index (κ1) is 13.4. The van der Waals surface area contributed by atoms with Crippen molar-refractivity contribution in [3.8, 4) is 5.75 Å². The van der Waals surface area contributed by atoms with Crippen LogP contribution in [0.1, 0.15) is 23.7 Å². The molecule has 1 atom stereocenters. The second-order valence-corrected chi connectivity index (χ2v) is 5.23. The molecule has 1 aliphatic rings. The molecule has 0 aliphatic carbocycles. The monoisotopic (exact) mass is 313 g/mol. The zero-order valence-electron chi connectivity index (χ0n) is 10.2. The van der Waals surface area contributed by atoms with Crippen molar-refractivity contribution in [2.75, 3.05) is 19.7 Å². The summed E-state index contributed by atoms with van der Waals surface area (Å²) in [7, 11) is 0. The summed E-state index contributed by atoms with van der Waals surface area (Å²) < 4.78 is 6.31. The van der Waals surface area contributed by atoms with Crippen molar-refractivity contribution in [1.29, 1.82) is 0 Å². The Balaban J connectivity index is 2.17. The molecule has 1 N–H and O–H groups in total. The molecule has 1 fully saturated rings. The Morgan fingerprint density at radius 1 is 1.61 bits per heavy atom. The largest absolute Gasteiger partial charge is 0.507 e. The molecule has 0 aromatic heterocycles. The average molecular weight is 314 g/mol. The molecule has 0 spiro atoms. The van der Waals surface area contributed by atoms with Crippen LogP contribution in [0, 0.1) is 0 Å². The fourth-order valence-electron chi connectivity index (χ4n) is 2.00. The smallest absolute Gasteiger partial charge is 0.257 e. The molecule has 1 aromatic carbocycles. The number of hydrogen-bond acceptors (Lipinski definition) is 3. The van der Waals surface area contributed by atoms with Gasteiger partial charge in [0.1, 0.15) is 5.75 Å². The van der Waals surface area contributed by atoms with E-state index in [0.717, 1.165) is 10.9 Å². The number of rotatable bonds is 2. The van der Waals surface area contributed by atoms with Crippen molar-refractivity contribution in [3.05, 3.63) is 28.2 Å². The molecular weight excluding hydrogens is 298 g/mol. The summed E-state index contributed by atoms with van der Waals surface area (Å²) >= 11 is 3.31. The topological polar surface area (TPSA) is 49.8 Å². The number of aromatic hydroxyl groups is 1. The number of carbonyl (C=O) groups excluding carboxylic acids is 1. The summed E-state index contributed by atoms with van der Waals surface area (Å²) in [5.41, 5.74) is 0.334. The fraction of sp³-hybridized carbons (Fsp3) is 0.462. The van der Waals surface area contributed by atoms with Crippen LogP contribution in [0.15, 0.2) is 22.7 Å². The zero-order valence-corrected chi connectivity index (χ0v) is 11.8. The maximum atomic E-state index is 12.3. The number of benzene rings is 1. The van der Waals surface area contributed by atoms with Crippen LogP contribution < -0.4 is 0 Å². The maximum absolute atomic E-state index is 12.3. The Labute approximate surface area is 115 Å². The first-order valence-corrected chi connectivity index (χ1v) is 6.80. The third-order valence-corrected chi connectivity index (χ3v) is 3.56. The maximum Gasteiger partial charge on any atom is 0.257 e. The minimum atomic E-state index is -0.143. The van der Waals surface area contributed by atoms with Gasteiger partial charge in [-0.15, -0.1) is 0 Å². The number of morpholine rings is 1. The Bertz CT molecular complexity index is 450. The number of phenols is 1. The second-order valence-electron chi connectivity index (χ2n) is 4.31. The minimum absolute atomic E-state index is 0.0164. The van der Waals surface area contributed by atoms with E-state index in [9.17, 15) is 9.90 Å². The van der Waals surface area contributed by atoms with Gasteiger partial charge in [-0.2, -0.15) is 0 Å². The van der Waals surface area contributed by atoms with Gasteiger partial charge in [0.2, 0.25) is 0 Å². The van der Waals surface area contributed by atoms with E-state index in [1.165, 1.54) is 6.07 Å². The van der Waals surface area contributed by atoms with Gasteiger partial charge in [-0.1, -0.05) is 22.9 Å². The van der Waals surface area contributed by atoms with E-state index in [-0.39, 0.29) is 17.8 Å². The van der Waals surface area contributed by atoms with Gasteiger partial charge in [0.05, 0.1) is 18.3 Å². The van der Waals surface area contributed by atoms with Crippen LogP contribution in [0.4, 0.5) is 0 Å². The zero-order chi connectivity index (χ0) is 13.1. The van der Waals surface area contributed by atoms with Crippen LogP contribution in [0.5, 0.6) is 5.75 Å². The van der Waals surface area contributed by atoms with E-state index in [1.54, 1.807) is 17.0 Å². The fourth-order valence-corrected chi connectivity index (χ4v) is 2.36. The number of halogens is 1. The van der Waals surface area contributed by atoms with Crippen LogP contribution in [-0.2, 0) is 4.74 Å². The van der Waals surface area contributed by atoms with Gasteiger partial charge in [0.25, 0.3) is 5.91 Å². The number of amides is 1. The van der Waals surface area contributed by atoms with Crippen LogP contribution in [0.3, 0.4) is 0 Å². The minimum Gasteiger partial charge on any atom is -0.507 e. The van der Waals surface area contributed by atoms with Gasteiger partial charge in [-0.05, 0) is 24.6 Å². The third-order valence-electron chi connectivity index (χ3n) is 3.07. The predicted molar refractivity (Wildman–Crippen MR) is 71.7 cm³/mol. The normalized spacial score (nSPS) is 19.9. The standard InChI is InChI=1S/C13H16BrNO3/c1-2-10-8-15(5-6-18-10)13(17)11-7-9(14)3-4-12(11)16/h3-4,7,10,16H,2,5-6,8H2,1H3. The van der Waals surface area contributed by atoms with Crippen molar-refractivity contribution < 1.29 is 14.6 Å². The Hall–Kier alpha value is -1.07. The summed E-state index contributed by atoms with van der Waals surface area (Å²) in [4.78, 5) is 14.1. The lowest BCUT2D eigenvalue weighted by molar-refractivity contribution is -0.0227. The molecule has 0 radical (unpaired) electrons. The Kier molecular flexibility index (Phi) is 4.24. The molecule has 1 aromatic rings. The number of nitrogens with zero attached hydrogens (tertiary/aromatic N) is 1. The summed E-state index contributed by atoms with van der Waals surface area (Å²) in [6.07, 6.45) is 0.978. The van der Waals surface area contributed by atoms with Crippen molar-refractivity contribution in [1.82, 2.24) is 4.90 Å². The SMILES string of the molecule is CCC1CN(C(=O)c2cc(Br)ccc2O)CCO1. The van der Waals surface area contributed by atoms with Gasteiger partial charge in [0, 0.05) is 17.6 Å². The van der Waals surface area contributed by atoms with Crippen LogP contribution in [0.2, 0.25) is 0 Å². The van der Waals surface area contributed by atoms with E-state index < -0.39 is 0 Å². The van der Waals surface area contributed by atoms with E-state index in [0.29, 0.717) is 25.3 Å². The van der Waals surface area contributed by atoms with Crippen LogP contribution in [0.25, 0.3) is 0 Å². The van der Waals surface area contributed by atoms with Crippen LogP contribution >= 0.6 is 15.9 Å². The van der Waals surface area contributed by atoms with Gasteiger partial charge in [-0.25, -0.2) is 0 Å². The van der Waals surface area contributed by atoms with E-state index in [4.69, 9.17) is 4.74 Å². The van der Waals surface area contributed by atoms with E-state index in [1.807, 2.05) is 6.92 Å². The Morgan fingerprint density at radius 2 is 2.39 bits per heavy atom. The highest BCUT2D eigenvalue weighted by atomic mass is 79.9. The first-order chi connectivity index (χ1) is 8.61. The number of ether oxygens (including phenoxy) is 1. The van der Waals surface area contributed by atoms with Crippen molar-refractivity contribution >= 4 is 21.8 Å². The molecule has 1 heterocycles. The molecule has 18 heavy (non-hydrogen) atoms. The molecule has 1 amide bonds. The molecule has 4 nitrogen and oxygen atoms in total. The summed E-state index contributed by atoms with van der Waals surface area (Å²) in [6.45, 7) is 3.75. The Morgan fingerprint density at radius 3 is 3.11 bits per heavy atom. The first-order valence-electron chi connectivity index (χ1n) is 6.01. The van der Waals surface area contributed by atoms with E-state index in [2.05, 4.69) is 15.9 Å². The van der Waals surface area contributed by atoms with E-state index >= 15 is 0 Å². The van der Waals surface area contributed by atoms with Gasteiger partial charge in [0.15, 0.2) is 0 Å². The van der Waals surface area contributed by atoms with Gasteiger partial charge >= 0.3 is 0 Å². The highest BCUT2D eigenvalue weighted by Crippen LogP contribution is 2.24. The van der Waals surface area contributed by atoms with Gasteiger partial charge in [-0.3, -0.25) is 4.79 Å². The summed E-state index contributed by atoms with van der Waals surface area (Å²) in [6, 6.07) is 4.88. The highest BCUT2D eigenvalue weighted by molar-refractivity contribution is 9.10. The van der Waals surface area contributed by atoms with Gasteiger partial charge < -0.3 is 14.7 Å². The predicted octanol–water partition coefficient (Wildman–Crippen LogP) is 2.41. The molecule has 0 bridgehead atoms. The summed E-state index contributed by atoms with van der Waals surface area (Å²) in [5, 5.41) is 9.76. The second kappa shape index (κ2) is 5.71. The lowest BCUT2D eigenvalue weighted by Crippen LogP contribution is -2.45. The molecule has 1 aliphatic heterocycles. The number of phenolic OH excluding ortho intramolecular Hbond substituents is 1. The molecule has 5 heteroatoms. The molecular formula is C13H16BrNO3. The lowest BCUT2D eigenvalue weighted by Gasteiger charge is -2.32. The highest BCUT2D eigenvalue weighted by Gasteiger charge is 2.25. The molecule has 0 saturated carbocycles. The van der Waals surface area contributed by atoms with Crippen LogP contribution in [-0.4, -0.2) is 41.7 Å². The lowest BCUT2D eigenvalue weighted by atomic mass is 10.1.